The van der Waals surface area contributed by atoms with Crippen LogP contribution in [-0.2, 0) is 9.53 Å². The minimum absolute atomic E-state index is 0.122. The average Bonchev–Trinajstić information content (AvgIpc) is 2.12. The van der Waals surface area contributed by atoms with Crippen molar-refractivity contribution in [1.29, 1.82) is 0 Å². The van der Waals surface area contributed by atoms with Gasteiger partial charge >= 0.3 is 0 Å². The summed E-state index contributed by atoms with van der Waals surface area (Å²) in [5.41, 5.74) is 5.41. The highest BCUT2D eigenvalue weighted by Gasteiger charge is 2.22. The molecule has 13 heavy (non-hydrogen) atoms. The minimum atomic E-state index is -0.457. The van der Waals surface area contributed by atoms with Gasteiger partial charge in [-0.25, -0.2) is 0 Å². The van der Waals surface area contributed by atoms with E-state index in [0.29, 0.717) is 4.99 Å². The molecule has 0 bridgehead atoms. The van der Waals surface area contributed by atoms with Crippen molar-refractivity contribution in [1.82, 2.24) is 4.90 Å². The van der Waals surface area contributed by atoms with Crippen molar-refractivity contribution in [2.24, 2.45) is 5.73 Å². The molecule has 2 atom stereocenters. The summed E-state index contributed by atoms with van der Waals surface area (Å²) in [7, 11) is 3.14. The number of nitrogens with two attached hydrogens (primary N) is 1. The van der Waals surface area contributed by atoms with Crippen LogP contribution in [0.15, 0.2) is 0 Å². The normalized spacial score (nSPS) is 14.8. The van der Waals surface area contributed by atoms with E-state index in [0.717, 1.165) is 0 Å². The highest BCUT2D eigenvalue weighted by molar-refractivity contribution is 7.80. The van der Waals surface area contributed by atoms with E-state index in [9.17, 15) is 4.79 Å². The standard InChI is InChI=1S/C8H16N2O2S/c1-5(7(9)13)10(3)8(11)6(2)12-4/h5-6H,1-4H3,(H2,9,13). The van der Waals surface area contributed by atoms with E-state index in [1.54, 1.807) is 20.9 Å². The predicted molar refractivity (Wildman–Crippen MR) is 55.5 cm³/mol. The Morgan fingerprint density at radius 2 is 2.00 bits per heavy atom. The Morgan fingerprint density at radius 1 is 1.54 bits per heavy atom. The van der Waals surface area contributed by atoms with Crippen LogP contribution in [0.25, 0.3) is 0 Å². The number of likely N-dealkylation sites (N-methyl/N-ethyl adjacent to an activating group) is 1. The Balaban J connectivity index is 4.33. The lowest BCUT2D eigenvalue weighted by Gasteiger charge is -2.26. The topological polar surface area (TPSA) is 55.6 Å². The fourth-order valence-corrected chi connectivity index (χ4v) is 0.927. The van der Waals surface area contributed by atoms with Crippen LogP contribution in [0.4, 0.5) is 0 Å². The molecule has 76 valence electrons. The quantitative estimate of drug-likeness (QED) is 0.663. The van der Waals surface area contributed by atoms with Crippen LogP contribution in [0.1, 0.15) is 13.8 Å². The fourth-order valence-electron chi connectivity index (χ4n) is 0.769. The molecule has 0 aliphatic rings. The maximum atomic E-state index is 11.5. The molecule has 2 N–H and O–H groups in total. The fraction of sp³-hybridized carbons (Fsp3) is 0.750. The summed E-state index contributed by atoms with van der Waals surface area (Å²) in [6.07, 6.45) is -0.457. The van der Waals surface area contributed by atoms with Crippen molar-refractivity contribution >= 4 is 23.1 Å². The summed E-state index contributed by atoms with van der Waals surface area (Å²) in [5, 5.41) is 0. The van der Waals surface area contributed by atoms with E-state index >= 15 is 0 Å². The van der Waals surface area contributed by atoms with Gasteiger partial charge in [0.25, 0.3) is 5.91 Å². The van der Waals surface area contributed by atoms with Gasteiger partial charge in [0.1, 0.15) is 6.10 Å². The molecule has 0 aromatic heterocycles. The lowest BCUT2D eigenvalue weighted by molar-refractivity contribution is -0.140. The summed E-state index contributed by atoms with van der Waals surface area (Å²) in [6.45, 7) is 3.47. The van der Waals surface area contributed by atoms with Crippen molar-refractivity contribution in [2.45, 2.75) is 26.0 Å². The van der Waals surface area contributed by atoms with Gasteiger partial charge in [0.2, 0.25) is 0 Å². The molecule has 0 radical (unpaired) electrons. The Hall–Kier alpha value is -0.680. The first-order chi connectivity index (χ1) is 5.91. The maximum absolute atomic E-state index is 11.5. The number of nitrogens with zero attached hydrogens (tertiary/aromatic N) is 1. The molecular formula is C8H16N2O2S. The SMILES string of the molecule is COC(C)C(=O)N(C)C(C)C(N)=S. The first-order valence-corrected chi connectivity index (χ1v) is 4.41. The molecule has 0 aromatic carbocycles. The molecule has 0 aliphatic heterocycles. The van der Waals surface area contributed by atoms with Crippen molar-refractivity contribution in [3.05, 3.63) is 0 Å². The number of amides is 1. The number of hydrogen-bond donors (Lipinski definition) is 1. The summed E-state index contributed by atoms with van der Waals surface area (Å²) in [4.78, 5) is 13.3. The van der Waals surface area contributed by atoms with Gasteiger partial charge in [-0.2, -0.15) is 0 Å². The van der Waals surface area contributed by atoms with Crippen LogP contribution in [0, 0.1) is 0 Å². The zero-order valence-corrected chi connectivity index (χ0v) is 9.22. The summed E-state index contributed by atoms with van der Waals surface area (Å²) >= 11 is 4.78. The first kappa shape index (κ1) is 12.3. The second-order valence-corrected chi connectivity index (χ2v) is 3.38. The van der Waals surface area contributed by atoms with E-state index in [-0.39, 0.29) is 11.9 Å². The molecule has 4 nitrogen and oxygen atoms in total. The third-order valence-corrected chi connectivity index (χ3v) is 2.38. The van der Waals surface area contributed by atoms with Crippen LogP contribution in [0.5, 0.6) is 0 Å². The van der Waals surface area contributed by atoms with Crippen LogP contribution in [0.3, 0.4) is 0 Å². The molecule has 0 aliphatic carbocycles. The highest BCUT2D eigenvalue weighted by Crippen LogP contribution is 2.01. The third-order valence-electron chi connectivity index (χ3n) is 2.04. The molecule has 0 aromatic rings. The summed E-state index contributed by atoms with van der Waals surface area (Å²) in [5.74, 6) is -0.122. The Kier molecular flexibility index (Phi) is 4.87. The zero-order valence-electron chi connectivity index (χ0n) is 8.40. The van der Waals surface area contributed by atoms with Gasteiger partial charge in [-0.1, -0.05) is 12.2 Å². The molecule has 0 saturated carbocycles. The molecule has 5 heteroatoms. The van der Waals surface area contributed by atoms with Gasteiger partial charge < -0.3 is 15.4 Å². The second kappa shape index (κ2) is 5.14. The van der Waals surface area contributed by atoms with Crippen LogP contribution in [0.2, 0.25) is 0 Å². The van der Waals surface area contributed by atoms with Crippen molar-refractivity contribution in [3.8, 4) is 0 Å². The molecule has 2 unspecified atom stereocenters. The van der Waals surface area contributed by atoms with Gasteiger partial charge in [-0.3, -0.25) is 4.79 Å². The number of hydrogen-bond acceptors (Lipinski definition) is 3. The highest BCUT2D eigenvalue weighted by atomic mass is 32.1. The van der Waals surface area contributed by atoms with Crippen LogP contribution in [-0.4, -0.2) is 42.1 Å². The average molecular weight is 204 g/mol. The van der Waals surface area contributed by atoms with E-state index in [1.165, 1.54) is 12.0 Å². The zero-order chi connectivity index (χ0) is 10.6. The largest absolute Gasteiger partial charge is 0.392 e. The Bertz CT molecular complexity index is 208. The molecule has 0 rings (SSSR count). The second-order valence-electron chi connectivity index (χ2n) is 2.91. The van der Waals surface area contributed by atoms with Crippen molar-refractivity contribution in [2.75, 3.05) is 14.2 Å². The van der Waals surface area contributed by atoms with Gasteiger partial charge in [0.15, 0.2) is 0 Å². The van der Waals surface area contributed by atoms with Crippen LogP contribution < -0.4 is 5.73 Å². The number of thiocarbonyl (C=S) groups is 1. The monoisotopic (exact) mass is 204 g/mol. The van der Waals surface area contributed by atoms with Gasteiger partial charge in [0.05, 0.1) is 11.0 Å². The van der Waals surface area contributed by atoms with E-state index in [1.807, 2.05) is 0 Å². The smallest absolute Gasteiger partial charge is 0.251 e. The maximum Gasteiger partial charge on any atom is 0.251 e. The number of methoxy groups -OCH3 is 1. The number of carbonyl (C=O) groups excluding carboxylic acids is 1. The molecule has 0 fully saturated rings. The number of carbonyl (C=O) groups is 1. The van der Waals surface area contributed by atoms with E-state index < -0.39 is 6.10 Å². The lowest BCUT2D eigenvalue weighted by Crippen LogP contribution is -2.46. The molecule has 1 amide bonds. The van der Waals surface area contributed by atoms with Gasteiger partial charge in [0, 0.05) is 14.2 Å². The predicted octanol–water partition coefficient (Wildman–Crippen LogP) is 0.154. The van der Waals surface area contributed by atoms with Crippen LogP contribution >= 0.6 is 12.2 Å². The van der Waals surface area contributed by atoms with E-state index in [4.69, 9.17) is 22.7 Å². The summed E-state index contributed by atoms with van der Waals surface area (Å²) in [6, 6.07) is -0.236. The van der Waals surface area contributed by atoms with Crippen molar-refractivity contribution in [3.63, 3.8) is 0 Å². The molecular weight excluding hydrogens is 188 g/mol. The lowest BCUT2D eigenvalue weighted by atomic mass is 10.2. The summed E-state index contributed by atoms with van der Waals surface area (Å²) < 4.78 is 4.89. The minimum Gasteiger partial charge on any atom is -0.392 e. The number of ether oxygens (including phenoxy) is 1. The Labute approximate surface area is 84.0 Å². The molecule has 0 heterocycles. The Morgan fingerprint density at radius 3 is 2.31 bits per heavy atom. The van der Waals surface area contributed by atoms with Gasteiger partial charge in [-0.15, -0.1) is 0 Å². The van der Waals surface area contributed by atoms with Gasteiger partial charge in [-0.05, 0) is 13.8 Å². The molecule has 0 saturated heterocycles. The first-order valence-electron chi connectivity index (χ1n) is 4.00. The van der Waals surface area contributed by atoms with E-state index in [2.05, 4.69) is 0 Å². The number of rotatable bonds is 4. The molecule has 0 spiro atoms. The third kappa shape index (κ3) is 3.28. The van der Waals surface area contributed by atoms with Crippen molar-refractivity contribution < 1.29 is 9.53 Å².